The summed E-state index contributed by atoms with van der Waals surface area (Å²) in [5, 5.41) is 3.19. The number of nitrogens with one attached hydrogen (secondary N) is 1. The quantitative estimate of drug-likeness (QED) is 0.870. The smallest absolute Gasteiger partial charge is 0.212 e. The molecular formula is C14H18N4O2. The van der Waals surface area contributed by atoms with Crippen LogP contribution in [0.25, 0.3) is 11.3 Å². The monoisotopic (exact) mass is 274 g/mol. The lowest BCUT2D eigenvalue weighted by molar-refractivity contribution is 0.178. The minimum Gasteiger partial charge on any atom is -0.481 e. The van der Waals surface area contributed by atoms with Gasteiger partial charge in [-0.2, -0.15) is 0 Å². The summed E-state index contributed by atoms with van der Waals surface area (Å²) in [6.45, 7) is 3.19. The Bertz CT molecular complexity index is 533. The third-order valence-corrected chi connectivity index (χ3v) is 2.65. The first kappa shape index (κ1) is 14.2. The number of hydrogen-bond donors (Lipinski definition) is 1. The van der Waals surface area contributed by atoms with Crippen LogP contribution in [-0.4, -0.2) is 35.7 Å². The first-order valence-electron chi connectivity index (χ1n) is 6.38. The van der Waals surface area contributed by atoms with Crippen molar-refractivity contribution in [1.82, 2.24) is 15.0 Å². The number of rotatable bonds is 6. The zero-order chi connectivity index (χ0) is 14.4. The highest BCUT2D eigenvalue weighted by Crippen LogP contribution is 2.21. The molecule has 0 unspecified atom stereocenters. The third-order valence-electron chi connectivity index (χ3n) is 2.65. The molecule has 0 radical (unpaired) electrons. The van der Waals surface area contributed by atoms with Crippen molar-refractivity contribution in [2.75, 3.05) is 26.1 Å². The number of nitrogens with zero attached hydrogens (tertiary/aromatic N) is 3. The Balaban J connectivity index is 2.37. The predicted molar refractivity (Wildman–Crippen MR) is 76.7 cm³/mol. The molecule has 20 heavy (non-hydrogen) atoms. The van der Waals surface area contributed by atoms with Gasteiger partial charge >= 0.3 is 0 Å². The fourth-order valence-corrected chi connectivity index (χ4v) is 1.76. The van der Waals surface area contributed by atoms with Gasteiger partial charge in [-0.15, -0.1) is 0 Å². The lowest BCUT2D eigenvalue weighted by Crippen LogP contribution is -2.05. The fraction of sp³-hybridized carbons (Fsp3) is 0.357. The van der Waals surface area contributed by atoms with Crippen LogP contribution in [0.2, 0.25) is 0 Å². The van der Waals surface area contributed by atoms with Crippen LogP contribution < -0.4 is 10.1 Å². The number of pyridine rings is 1. The summed E-state index contributed by atoms with van der Waals surface area (Å²) in [6.07, 6.45) is 1.73. The molecule has 0 atom stereocenters. The van der Waals surface area contributed by atoms with Crippen molar-refractivity contribution in [3.05, 3.63) is 30.2 Å². The first-order valence-corrected chi connectivity index (χ1v) is 6.38. The average Bonchev–Trinajstić information content (AvgIpc) is 2.48. The van der Waals surface area contributed by atoms with Gasteiger partial charge in [-0.3, -0.25) is 0 Å². The van der Waals surface area contributed by atoms with Crippen molar-refractivity contribution >= 4 is 5.82 Å². The van der Waals surface area contributed by atoms with E-state index >= 15 is 0 Å². The van der Waals surface area contributed by atoms with Crippen molar-refractivity contribution in [3.8, 4) is 17.1 Å². The maximum Gasteiger partial charge on any atom is 0.212 e. The van der Waals surface area contributed by atoms with E-state index in [9.17, 15) is 0 Å². The molecule has 0 spiro atoms. The van der Waals surface area contributed by atoms with Crippen LogP contribution in [0, 0.1) is 0 Å². The molecule has 2 aromatic rings. The van der Waals surface area contributed by atoms with Gasteiger partial charge in [0.15, 0.2) is 5.82 Å². The summed E-state index contributed by atoms with van der Waals surface area (Å²) in [4.78, 5) is 13.0. The van der Waals surface area contributed by atoms with Gasteiger partial charge in [-0.05, 0) is 13.0 Å². The van der Waals surface area contributed by atoms with Crippen molar-refractivity contribution in [3.63, 3.8) is 0 Å². The zero-order valence-corrected chi connectivity index (χ0v) is 11.9. The van der Waals surface area contributed by atoms with Gasteiger partial charge < -0.3 is 14.8 Å². The average molecular weight is 274 g/mol. The number of methoxy groups -OCH3 is 2. The summed E-state index contributed by atoms with van der Waals surface area (Å²) >= 11 is 0. The van der Waals surface area contributed by atoms with Crippen molar-refractivity contribution in [1.29, 1.82) is 0 Å². The number of hydrogen-bond acceptors (Lipinski definition) is 6. The molecule has 0 saturated carbocycles. The highest BCUT2D eigenvalue weighted by atomic mass is 16.5. The molecule has 0 aromatic carbocycles. The summed E-state index contributed by atoms with van der Waals surface area (Å²) in [5.41, 5.74) is 1.71. The van der Waals surface area contributed by atoms with Gasteiger partial charge in [0.05, 0.1) is 12.8 Å². The number of ether oxygens (including phenoxy) is 2. The normalized spacial score (nSPS) is 10.3. The Kier molecular flexibility index (Phi) is 4.84. The molecule has 1 N–H and O–H groups in total. The molecule has 0 aliphatic heterocycles. The summed E-state index contributed by atoms with van der Waals surface area (Å²) in [6, 6.07) is 5.62. The van der Waals surface area contributed by atoms with Crippen LogP contribution >= 0.6 is 0 Å². The Morgan fingerprint density at radius 2 is 2.05 bits per heavy atom. The lowest BCUT2D eigenvalue weighted by atomic mass is 10.2. The van der Waals surface area contributed by atoms with Crippen LogP contribution in [0.4, 0.5) is 5.82 Å². The van der Waals surface area contributed by atoms with Crippen LogP contribution in [0.3, 0.4) is 0 Å². The minimum atomic E-state index is 0.371. The molecule has 0 bridgehead atoms. The number of aromatic nitrogens is 3. The van der Waals surface area contributed by atoms with Crippen molar-refractivity contribution in [2.45, 2.75) is 13.5 Å². The van der Waals surface area contributed by atoms with E-state index in [2.05, 4.69) is 20.3 Å². The molecule has 6 heteroatoms. The second-order valence-corrected chi connectivity index (χ2v) is 4.11. The molecule has 0 fully saturated rings. The maximum absolute atomic E-state index is 5.10. The Labute approximate surface area is 118 Å². The second kappa shape index (κ2) is 6.81. The van der Waals surface area contributed by atoms with Crippen LogP contribution in [0.5, 0.6) is 5.88 Å². The van der Waals surface area contributed by atoms with E-state index in [1.807, 2.05) is 19.1 Å². The first-order chi connectivity index (χ1) is 9.76. The van der Waals surface area contributed by atoms with Crippen LogP contribution in [0.1, 0.15) is 12.7 Å². The molecular weight excluding hydrogens is 256 g/mol. The van der Waals surface area contributed by atoms with E-state index in [1.165, 1.54) is 0 Å². The third kappa shape index (κ3) is 3.42. The van der Waals surface area contributed by atoms with Crippen molar-refractivity contribution in [2.24, 2.45) is 0 Å². The van der Waals surface area contributed by atoms with E-state index in [0.29, 0.717) is 18.3 Å². The van der Waals surface area contributed by atoms with E-state index in [0.717, 1.165) is 23.6 Å². The Morgan fingerprint density at radius 1 is 1.20 bits per heavy atom. The topological polar surface area (TPSA) is 69.2 Å². The second-order valence-electron chi connectivity index (χ2n) is 4.11. The lowest BCUT2D eigenvalue weighted by Gasteiger charge is -2.09. The molecule has 2 heterocycles. The van der Waals surface area contributed by atoms with Crippen LogP contribution in [0.15, 0.2) is 24.4 Å². The van der Waals surface area contributed by atoms with E-state index in [1.54, 1.807) is 26.5 Å². The molecule has 106 valence electrons. The molecule has 0 aliphatic carbocycles. The largest absolute Gasteiger partial charge is 0.481 e. The maximum atomic E-state index is 5.10. The van der Waals surface area contributed by atoms with Gasteiger partial charge in [0.2, 0.25) is 5.88 Å². The molecule has 2 rings (SSSR count). The van der Waals surface area contributed by atoms with Gasteiger partial charge in [0.25, 0.3) is 0 Å². The van der Waals surface area contributed by atoms with Crippen LogP contribution in [-0.2, 0) is 11.3 Å². The van der Waals surface area contributed by atoms with Gasteiger partial charge in [-0.25, -0.2) is 15.0 Å². The molecule has 0 aliphatic rings. The summed E-state index contributed by atoms with van der Waals surface area (Å²) in [5.74, 6) is 1.99. The molecule has 2 aromatic heterocycles. The van der Waals surface area contributed by atoms with Gasteiger partial charge in [0.1, 0.15) is 12.4 Å². The van der Waals surface area contributed by atoms with E-state index in [4.69, 9.17) is 9.47 Å². The Hall–Kier alpha value is -2.21. The van der Waals surface area contributed by atoms with Gasteiger partial charge in [0, 0.05) is 37.5 Å². The van der Waals surface area contributed by atoms with Crippen molar-refractivity contribution < 1.29 is 9.47 Å². The number of anilines is 1. The molecule has 6 nitrogen and oxygen atoms in total. The molecule has 0 saturated heterocycles. The standard InChI is InChI=1S/C14H18N4O2/c1-4-15-12-7-11(17-13(18-12)9-19-2)10-5-6-14(20-3)16-8-10/h5-8H,4,9H2,1-3H3,(H,15,17,18). The van der Waals surface area contributed by atoms with E-state index < -0.39 is 0 Å². The Morgan fingerprint density at radius 3 is 2.65 bits per heavy atom. The highest BCUT2D eigenvalue weighted by Gasteiger charge is 2.07. The molecule has 0 amide bonds. The predicted octanol–water partition coefficient (Wildman–Crippen LogP) is 2.13. The highest BCUT2D eigenvalue weighted by molar-refractivity contribution is 5.61. The minimum absolute atomic E-state index is 0.371. The zero-order valence-electron chi connectivity index (χ0n) is 11.9. The van der Waals surface area contributed by atoms with Gasteiger partial charge in [-0.1, -0.05) is 0 Å². The summed E-state index contributed by atoms with van der Waals surface area (Å²) < 4.78 is 10.2. The summed E-state index contributed by atoms with van der Waals surface area (Å²) in [7, 11) is 3.21. The SMILES string of the molecule is CCNc1cc(-c2ccc(OC)nc2)nc(COC)n1. The van der Waals surface area contributed by atoms with E-state index in [-0.39, 0.29) is 0 Å². The fourth-order valence-electron chi connectivity index (χ4n) is 1.76.